The molecule has 2 N–H and O–H groups in total. The normalized spacial score (nSPS) is 20.6. The van der Waals surface area contributed by atoms with Crippen molar-refractivity contribution in [3.8, 4) is 0 Å². The fourth-order valence-electron chi connectivity index (χ4n) is 2.91. The molecule has 3 amide bonds. The molecule has 1 aromatic rings. The Balaban J connectivity index is 1.61. The number of likely N-dealkylation sites (tertiary alicyclic amines) is 1. The van der Waals surface area contributed by atoms with Crippen molar-refractivity contribution in [1.82, 2.24) is 10.2 Å². The molecule has 0 radical (unpaired) electrons. The van der Waals surface area contributed by atoms with Crippen LogP contribution in [0.15, 0.2) is 18.2 Å². The van der Waals surface area contributed by atoms with E-state index in [1.165, 1.54) is 0 Å². The number of benzene rings is 1. The Morgan fingerprint density at radius 3 is 2.74 bits per heavy atom. The summed E-state index contributed by atoms with van der Waals surface area (Å²) in [6, 6.07) is 5.29. The molecule has 0 unspecified atom stereocenters. The van der Waals surface area contributed by atoms with Crippen molar-refractivity contribution in [2.45, 2.75) is 31.3 Å². The van der Waals surface area contributed by atoms with E-state index in [0.717, 1.165) is 18.5 Å². The molecule has 124 valence electrons. The summed E-state index contributed by atoms with van der Waals surface area (Å²) in [6.45, 7) is 0.604. The van der Waals surface area contributed by atoms with Crippen LogP contribution in [0.2, 0.25) is 5.02 Å². The number of halogens is 1. The van der Waals surface area contributed by atoms with Gasteiger partial charge in [-0.2, -0.15) is 0 Å². The molecule has 0 spiro atoms. The van der Waals surface area contributed by atoms with Gasteiger partial charge < -0.3 is 20.4 Å². The number of carbonyl (C=O) groups excluding carboxylic acids is 2. The minimum atomic E-state index is -0.314. The van der Waals surface area contributed by atoms with Gasteiger partial charge in [-0.1, -0.05) is 11.6 Å². The topological polar surface area (TPSA) is 64.7 Å². The van der Waals surface area contributed by atoms with Gasteiger partial charge in [0.2, 0.25) is 5.91 Å². The number of carbonyl (C=O) groups is 2. The maximum atomic E-state index is 12.2. The molecule has 23 heavy (non-hydrogen) atoms. The molecule has 2 fully saturated rings. The Bertz CT molecular complexity index is 631. The lowest BCUT2D eigenvalue weighted by atomic mass is 10.2. The molecule has 6 nitrogen and oxygen atoms in total. The molecule has 3 rings (SSSR count). The highest BCUT2D eigenvalue weighted by atomic mass is 35.5. The van der Waals surface area contributed by atoms with Crippen molar-refractivity contribution in [3.63, 3.8) is 0 Å². The van der Waals surface area contributed by atoms with E-state index in [1.807, 2.05) is 30.0 Å². The molecule has 1 aliphatic carbocycles. The molecule has 0 aromatic heterocycles. The quantitative estimate of drug-likeness (QED) is 0.886. The SMILES string of the molecule is CN(C)c1ccc(Cl)cc1NC(=O)N[C@@H]1CC(=O)N(C2CC2)C1. The minimum Gasteiger partial charge on any atom is -0.376 e. The maximum Gasteiger partial charge on any atom is 0.319 e. The number of hydrogen-bond donors (Lipinski definition) is 2. The number of nitrogens with one attached hydrogen (secondary N) is 2. The van der Waals surface area contributed by atoms with Crippen LogP contribution >= 0.6 is 11.6 Å². The van der Waals surface area contributed by atoms with Crippen LogP contribution in [0.4, 0.5) is 16.2 Å². The summed E-state index contributed by atoms with van der Waals surface area (Å²) in [5.74, 6) is 0.134. The zero-order valence-electron chi connectivity index (χ0n) is 13.3. The molecule has 1 aliphatic heterocycles. The van der Waals surface area contributed by atoms with Gasteiger partial charge in [-0.3, -0.25) is 4.79 Å². The molecule has 1 aromatic carbocycles. The van der Waals surface area contributed by atoms with E-state index in [4.69, 9.17) is 11.6 Å². The fraction of sp³-hybridized carbons (Fsp3) is 0.500. The largest absolute Gasteiger partial charge is 0.376 e. The summed E-state index contributed by atoms with van der Waals surface area (Å²) < 4.78 is 0. The van der Waals surface area contributed by atoms with E-state index in [9.17, 15) is 9.59 Å². The third-order valence-corrected chi connectivity index (χ3v) is 4.41. The first-order valence-corrected chi connectivity index (χ1v) is 8.15. The lowest BCUT2D eigenvalue weighted by Gasteiger charge is -2.20. The smallest absolute Gasteiger partial charge is 0.319 e. The van der Waals surface area contributed by atoms with Gasteiger partial charge in [0.05, 0.1) is 17.4 Å². The van der Waals surface area contributed by atoms with Gasteiger partial charge in [-0.25, -0.2) is 4.79 Å². The zero-order chi connectivity index (χ0) is 16.6. The third-order valence-electron chi connectivity index (χ3n) is 4.17. The first-order chi connectivity index (χ1) is 10.9. The average molecular weight is 337 g/mol. The highest BCUT2D eigenvalue weighted by Gasteiger charge is 2.39. The highest BCUT2D eigenvalue weighted by Crippen LogP contribution is 2.31. The number of amides is 3. The number of nitrogens with zero attached hydrogens (tertiary/aromatic N) is 2. The standard InChI is InChI=1S/C16H21ClN4O2/c1-20(2)14-6-3-10(17)7-13(14)19-16(23)18-11-8-15(22)21(9-11)12-4-5-12/h3,6-7,11-12H,4-5,8-9H2,1-2H3,(H2,18,19,23)/t11-/m1/s1. The summed E-state index contributed by atoms with van der Waals surface area (Å²) in [7, 11) is 3.80. The molecule has 1 saturated heterocycles. The number of anilines is 2. The lowest BCUT2D eigenvalue weighted by Crippen LogP contribution is -2.40. The Kier molecular flexibility index (Phi) is 4.35. The van der Waals surface area contributed by atoms with Gasteiger partial charge in [0.15, 0.2) is 0 Å². The van der Waals surface area contributed by atoms with Crippen molar-refractivity contribution < 1.29 is 9.59 Å². The second-order valence-corrected chi connectivity index (χ2v) is 6.77. The van der Waals surface area contributed by atoms with Crippen molar-refractivity contribution in [3.05, 3.63) is 23.2 Å². The van der Waals surface area contributed by atoms with E-state index >= 15 is 0 Å². The van der Waals surface area contributed by atoms with Crippen molar-refractivity contribution in [2.75, 3.05) is 30.9 Å². The van der Waals surface area contributed by atoms with E-state index < -0.39 is 0 Å². The van der Waals surface area contributed by atoms with Gasteiger partial charge in [-0.15, -0.1) is 0 Å². The maximum absolute atomic E-state index is 12.2. The first kappa shape index (κ1) is 15.9. The second-order valence-electron chi connectivity index (χ2n) is 6.33. The Hall–Kier alpha value is -1.95. The van der Waals surface area contributed by atoms with Crippen LogP contribution in [0.3, 0.4) is 0 Å². The van der Waals surface area contributed by atoms with Crippen molar-refractivity contribution in [2.24, 2.45) is 0 Å². The summed E-state index contributed by atoms with van der Waals surface area (Å²) in [5, 5.41) is 6.27. The zero-order valence-corrected chi connectivity index (χ0v) is 14.1. The van der Waals surface area contributed by atoms with E-state index in [1.54, 1.807) is 12.1 Å². The minimum absolute atomic E-state index is 0.134. The predicted octanol–water partition coefficient (Wildman–Crippen LogP) is 2.29. The van der Waals surface area contributed by atoms with Crippen LogP contribution in [0, 0.1) is 0 Å². The Morgan fingerprint density at radius 2 is 2.09 bits per heavy atom. The molecule has 7 heteroatoms. The molecular formula is C16H21ClN4O2. The van der Waals surface area contributed by atoms with E-state index in [-0.39, 0.29) is 18.0 Å². The van der Waals surface area contributed by atoms with Crippen LogP contribution in [0.5, 0.6) is 0 Å². The van der Waals surface area contributed by atoms with Crippen LogP contribution < -0.4 is 15.5 Å². The van der Waals surface area contributed by atoms with E-state index in [2.05, 4.69) is 10.6 Å². The monoisotopic (exact) mass is 336 g/mol. The summed E-state index contributed by atoms with van der Waals surface area (Å²) in [5.41, 5.74) is 1.51. The van der Waals surface area contributed by atoms with Crippen LogP contribution in [0.25, 0.3) is 0 Å². The Morgan fingerprint density at radius 1 is 1.35 bits per heavy atom. The van der Waals surface area contributed by atoms with Gasteiger partial charge in [0, 0.05) is 38.1 Å². The summed E-state index contributed by atoms with van der Waals surface area (Å²) in [6.07, 6.45) is 2.54. The predicted molar refractivity (Wildman–Crippen MR) is 91.1 cm³/mol. The van der Waals surface area contributed by atoms with Gasteiger partial charge in [0.1, 0.15) is 0 Å². The first-order valence-electron chi connectivity index (χ1n) is 7.78. The van der Waals surface area contributed by atoms with Crippen LogP contribution in [0.1, 0.15) is 19.3 Å². The van der Waals surface area contributed by atoms with Crippen molar-refractivity contribution >= 4 is 34.9 Å². The number of urea groups is 1. The fourth-order valence-corrected chi connectivity index (χ4v) is 3.08. The molecule has 1 atom stereocenters. The number of hydrogen-bond acceptors (Lipinski definition) is 3. The van der Waals surface area contributed by atoms with Crippen molar-refractivity contribution in [1.29, 1.82) is 0 Å². The van der Waals surface area contributed by atoms with Gasteiger partial charge in [-0.05, 0) is 31.0 Å². The number of rotatable bonds is 4. The molecule has 0 bridgehead atoms. The molecular weight excluding hydrogens is 316 g/mol. The van der Waals surface area contributed by atoms with Crippen LogP contribution in [-0.4, -0.2) is 49.6 Å². The summed E-state index contributed by atoms with van der Waals surface area (Å²) in [4.78, 5) is 28.0. The molecule has 1 heterocycles. The average Bonchev–Trinajstić information content (AvgIpc) is 3.23. The third kappa shape index (κ3) is 3.69. The van der Waals surface area contributed by atoms with Gasteiger partial charge in [0.25, 0.3) is 0 Å². The highest BCUT2D eigenvalue weighted by molar-refractivity contribution is 6.31. The molecule has 2 aliphatic rings. The molecule has 1 saturated carbocycles. The van der Waals surface area contributed by atoms with E-state index in [0.29, 0.717) is 29.7 Å². The summed E-state index contributed by atoms with van der Waals surface area (Å²) >= 11 is 6.01. The lowest BCUT2D eigenvalue weighted by molar-refractivity contribution is -0.128. The van der Waals surface area contributed by atoms with Crippen LogP contribution in [-0.2, 0) is 4.79 Å². The van der Waals surface area contributed by atoms with Gasteiger partial charge >= 0.3 is 6.03 Å². The Labute approximate surface area is 140 Å². The second kappa shape index (κ2) is 6.28.